The Bertz CT molecular complexity index is 458. The van der Waals surface area contributed by atoms with Crippen LogP contribution in [0.25, 0.3) is 16.8 Å². The molecule has 0 aliphatic carbocycles. The minimum absolute atomic E-state index is 0. The van der Waals surface area contributed by atoms with Gasteiger partial charge in [0.15, 0.2) is 0 Å². The first-order valence-corrected chi connectivity index (χ1v) is 4.15. The van der Waals surface area contributed by atoms with Crippen molar-refractivity contribution >= 4 is 22.5 Å². The molecular formula is C12H10NY-. The Labute approximate surface area is 109 Å². The van der Waals surface area contributed by atoms with E-state index in [2.05, 4.69) is 0 Å². The summed E-state index contributed by atoms with van der Waals surface area (Å²) in [7, 11) is 0. The first-order valence-electron chi connectivity index (χ1n) is 4.15. The first kappa shape index (κ1) is 11.4. The molecule has 2 heteroatoms. The third-order valence-electron chi connectivity index (χ3n) is 2.15. The van der Waals surface area contributed by atoms with Crippen LogP contribution in [0.2, 0.25) is 0 Å². The minimum atomic E-state index is 0. The van der Waals surface area contributed by atoms with E-state index in [1.165, 1.54) is 0 Å². The zero-order valence-electron chi connectivity index (χ0n) is 7.77. The molecule has 1 radical (unpaired) electrons. The molecular weight excluding hydrogens is 247 g/mol. The molecule has 0 bridgehead atoms. The number of anilines is 1. The number of rotatable bonds is 1. The molecule has 0 aliphatic rings. The van der Waals surface area contributed by atoms with Gasteiger partial charge in [0.2, 0.25) is 0 Å². The standard InChI is InChI=1S/C12H10N.Y/c1-2-9-5-3-6-10-7-4-8-11(13)12(9)10;/h1-8H,13H2;/q-1;. The Balaban J connectivity index is 0.000000980. The van der Waals surface area contributed by atoms with Gasteiger partial charge < -0.3 is 5.73 Å². The molecule has 1 nitrogen and oxygen atoms in total. The maximum atomic E-state index is 5.86. The van der Waals surface area contributed by atoms with Crippen molar-refractivity contribution in [3.63, 3.8) is 0 Å². The monoisotopic (exact) mass is 257 g/mol. The fraction of sp³-hybridized carbons (Fsp3) is 0. The van der Waals surface area contributed by atoms with E-state index in [0.29, 0.717) is 0 Å². The van der Waals surface area contributed by atoms with Gasteiger partial charge in [-0.1, -0.05) is 29.7 Å². The van der Waals surface area contributed by atoms with E-state index < -0.39 is 0 Å². The van der Waals surface area contributed by atoms with Crippen molar-refractivity contribution in [3.8, 4) is 0 Å². The Morgan fingerprint density at radius 2 is 1.71 bits per heavy atom. The summed E-state index contributed by atoms with van der Waals surface area (Å²) in [6, 6.07) is 11.8. The molecule has 0 amide bonds. The molecule has 2 aromatic rings. The molecule has 0 aromatic heterocycles. The first-order chi connectivity index (χ1) is 6.33. The van der Waals surface area contributed by atoms with Gasteiger partial charge in [-0.3, -0.25) is 6.58 Å². The third kappa shape index (κ3) is 1.89. The Morgan fingerprint density at radius 1 is 1.07 bits per heavy atom. The van der Waals surface area contributed by atoms with Crippen LogP contribution < -0.4 is 5.73 Å². The van der Waals surface area contributed by atoms with E-state index in [1.54, 1.807) is 6.08 Å². The Hall–Kier alpha value is -0.656. The van der Waals surface area contributed by atoms with Crippen LogP contribution in [0.4, 0.5) is 5.69 Å². The van der Waals surface area contributed by atoms with Crippen LogP contribution in [-0.4, -0.2) is 0 Å². The van der Waals surface area contributed by atoms with Crippen molar-refractivity contribution < 1.29 is 32.7 Å². The van der Waals surface area contributed by atoms with Crippen LogP contribution in [0, 0.1) is 6.58 Å². The summed E-state index contributed by atoms with van der Waals surface area (Å²) < 4.78 is 0. The molecule has 67 valence electrons. The Morgan fingerprint density at radius 3 is 2.36 bits per heavy atom. The SMILES string of the molecule is [CH-]=Cc1cccc2cccc(N)c12.[Y]. The molecule has 2 rings (SSSR count). The molecule has 0 saturated carbocycles. The van der Waals surface area contributed by atoms with Crippen LogP contribution in [0.5, 0.6) is 0 Å². The second-order valence-electron chi connectivity index (χ2n) is 2.96. The fourth-order valence-electron chi connectivity index (χ4n) is 1.54. The maximum Gasteiger partial charge on any atom is 0.0217 e. The molecule has 0 unspecified atom stereocenters. The zero-order valence-corrected chi connectivity index (χ0v) is 10.6. The van der Waals surface area contributed by atoms with E-state index in [9.17, 15) is 0 Å². The van der Waals surface area contributed by atoms with Crippen molar-refractivity contribution in [1.82, 2.24) is 0 Å². The number of hydrogen-bond acceptors (Lipinski definition) is 1. The van der Waals surface area contributed by atoms with Gasteiger partial charge in [0.25, 0.3) is 0 Å². The van der Waals surface area contributed by atoms with Crippen molar-refractivity contribution in [2.45, 2.75) is 0 Å². The second-order valence-corrected chi connectivity index (χ2v) is 2.96. The molecule has 0 fully saturated rings. The summed E-state index contributed by atoms with van der Waals surface area (Å²) in [5.74, 6) is 0. The predicted molar refractivity (Wildman–Crippen MR) is 57.1 cm³/mol. The van der Waals surface area contributed by atoms with Crippen molar-refractivity contribution in [1.29, 1.82) is 0 Å². The summed E-state index contributed by atoms with van der Waals surface area (Å²) in [6.45, 7) is 5.50. The fourth-order valence-corrected chi connectivity index (χ4v) is 1.54. The molecule has 2 aromatic carbocycles. The van der Waals surface area contributed by atoms with Crippen molar-refractivity contribution in [3.05, 3.63) is 48.5 Å². The number of nitrogens with two attached hydrogens (primary N) is 1. The molecule has 0 aliphatic heterocycles. The zero-order chi connectivity index (χ0) is 9.26. The van der Waals surface area contributed by atoms with Crippen LogP contribution in [0.3, 0.4) is 0 Å². The van der Waals surface area contributed by atoms with E-state index in [1.807, 2.05) is 36.4 Å². The summed E-state index contributed by atoms with van der Waals surface area (Å²) in [6.07, 6.45) is 1.58. The van der Waals surface area contributed by atoms with Gasteiger partial charge in [0.05, 0.1) is 0 Å². The van der Waals surface area contributed by atoms with Gasteiger partial charge in [0, 0.05) is 38.4 Å². The average molecular weight is 257 g/mol. The number of hydrogen-bond donors (Lipinski definition) is 1. The second kappa shape index (κ2) is 4.72. The molecule has 0 atom stereocenters. The van der Waals surface area contributed by atoms with Gasteiger partial charge in [0.1, 0.15) is 0 Å². The van der Waals surface area contributed by atoms with Gasteiger partial charge in [-0.25, -0.2) is 6.08 Å². The van der Waals surface area contributed by atoms with Crippen molar-refractivity contribution in [2.75, 3.05) is 5.73 Å². The van der Waals surface area contributed by atoms with Gasteiger partial charge in [-0.2, -0.15) is 5.56 Å². The molecule has 0 saturated heterocycles. The number of fused-ring (bicyclic) bond motifs is 1. The summed E-state index contributed by atoms with van der Waals surface area (Å²) in [4.78, 5) is 0. The Kier molecular flexibility index (Phi) is 3.85. The minimum Gasteiger partial charge on any atom is -0.399 e. The van der Waals surface area contributed by atoms with E-state index in [-0.39, 0.29) is 32.7 Å². The molecule has 14 heavy (non-hydrogen) atoms. The summed E-state index contributed by atoms with van der Waals surface area (Å²) >= 11 is 0. The summed E-state index contributed by atoms with van der Waals surface area (Å²) in [5.41, 5.74) is 7.61. The van der Waals surface area contributed by atoms with Gasteiger partial charge in [-0.15, -0.1) is 6.07 Å². The van der Waals surface area contributed by atoms with E-state index in [4.69, 9.17) is 12.3 Å². The smallest absolute Gasteiger partial charge is 0.0217 e. The van der Waals surface area contributed by atoms with E-state index >= 15 is 0 Å². The van der Waals surface area contributed by atoms with Crippen LogP contribution in [-0.2, 0) is 32.7 Å². The predicted octanol–water partition coefficient (Wildman–Crippen LogP) is 2.87. The largest absolute Gasteiger partial charge is 0.399 e. The normalized spacial score (nSPS) is 9.43. The topological polar surface area (TPSA) is 26.0 Å². The van der Waals surface area contributed by atoms with Crippen LogP contribution in [0.15, 0.2) is 36.4 Å². The van der Waals surface area contributed by atoms with Crippen molar-refractivity contribution in [2.24, 2.45) is 0 Å². The number of benzene rings is 2. The average Bonchev–Trinajstić information content (AvgIpc) is 2.17. The van der Waals surface area contributed by atoms with Crippen LogP contribution in [0.1, 0.15) is 5.56 Å². The molecule has 0 spiro atoms. The summed E-state index contributed by atoms with van der Waals surface area (Å²) in [5, 5.41) is 2.16. The molecule has 0 heterocycles. The maximum absolute atomic E-state index is 5.86. The van der Waals surface area contributed by atoms with Gasteiger partial charge in [-0.05, 0) is 11.5 Å². The number of nitrogen functional groups attached to an aromatic ring is 1. The molecule has 2 N–H and O–H groups in total. The van der Waals surface area contributed by atoms with Gasteiger partial charge >= 0.3 is 0 Å². The van der Waals surface area contributed by atoms with E-state index in [0.717, 1.165) is 22.0 Å². The van der Waals surface area contributed by atoms with Crippen LogP contribution >= 0.6 is 0 Å². The quantitative estimate of drug-likeness (QED) is 0.617. The third-order valence-corrected chi connectivity index (χ3v) is 2.15.